The monoisotopic (exact) mass is 476 g/mol. The Labute approximate surface area is 199 Å². The largest absolute Gasteiger partial charge is 0.479 e. The number of ether oxygens (including phenoxy) is 1. The number of pyridine rings is 1. The van der Waals surface area contributed by atoms with Crippen LogP contribution in [-0.2, 0) is 16.1 Å². The first kappa shape index (κ1) is 26.0. The maximum absolute atomic E-state index is 14.3. The molecule has 2 heterocycles. The molecule has 2 aromatic rings. The van der Waals surface area contributed by atoms with E-state index in [2.05, 4.69) is 23.7 Å². The lowest BCUT2D eigenvalue weighted by Gasteiger charge is -2.41. The zero-order valence-electron chi connectivity index (χ0n) is 20.7. The van der Waals surface area contributed by atoms with Crippen molar-refractivity contribution in [1.82, 2.24) is 4.98 Å². The van der Waals surface area contributed by atoms with E-state index >= 15 is 0 Å². The Morgan fingerprint density at radius 2 is 1.82 bits per heavy atom. The Balaban J connectivity index is 2.36. The number of carboxylic acid groups (broad SMARTS) is 1. The van der Waals surface area contributed by atoms with Crippen LogP contribution in [0.5, 0.6) is 0 Å². The van der Waals surface area contributed by atoms with Gasteiger partial charge in [-0.3, -0.25) is 4.98 Å². The summed E-state index contributed by atoms with van der Waals surface area (Å²) in [6.07, 6.45) is 0.378. The SMILES string of the molecule is Cc1nc(CO)c(-c2ccc(F)c(F)c2)c(N2CCC(C)(C)CC2)c1[C@H](OC(C)(C)C)C(=O)O. The molecule has 1 aromatic carbocycles. The van der Waals surface area contributed by atoms with E-state index in [9.17, 15) is 23.8 Å². The number of hydrogen-bond donors (Lipinski definition) is 2. The van der Waals surface area contributed by atoms with Crippen LogP contribution in [-0.4, -0.2) is 39.9 Å². The summed E-state index contributed by atoms with van der Waals surface area (Å²) in [6, 6.07) is 3.50. The summed E-state index contributed by atoms with van der Waals surface area (Å²) in [5.74, 6) is -3.20. The standard InChI is InChI=1S/C26H34F2N2O4/c1-15-20(23(24(32)33)34-25(2,3)4)22(30-11-9-26(5,6)10-12-30)21(19(14-31)29-15)16-7-8-17(27)18(28)13-16/h7-8,13,23,31H,9-12,14H2,1-6H3,(H,32,33)/t23-/m0/s1. The van der Waals surface area contributed by atoms with Crippen molar-refractivity contribution in [3.05, 3.63) is 46.8 Å². The molecule has 1 atom stereocenters. The van der Waals surface area contributed by atoms with E-state index in [1.807, 2.05) is 0 Å². The molecule has 0 radical (unpaired) electrons. The number of anilines is 1. The Morgan fingerprint density at radius 1 is 1.21 bits per heavy atom. The molecule has 0 spiro atoms. The average molecular weight is 477 g/mol. The highest BCUT2D eigenvalue weighted by molar-refractivity contribution is 5.88. The number of carboxylic acids is 1. The molecular weight excluding hydrogens is 442 g/mol. The lowest BCUT2D eigenvalue weighted by Crippen LogP contribution is -2.39. The van der Waals surface area contributed by atoms with Crippen LogP contribution < -0.4 is 4.90 Å². The van der Waals surface area contributed by atoms with Gasteiger partial charge >= 0.3 is 5.97 Å². The Morgan fingerprint density at radius 3 is 2.32 bits per heavy atom. The molecular formula is C26H34F2N2O4. The highest BCUT2D eigenvalue weighted by atomic mass is 19.2. The van der Waals surface area contributed by atoms with Crippen molar-refractivity contribution in [2.75, 3.05) is 18.0 Å². The second-order valence-corrected chi connectivity index (χ2v) is 10.7. The molecule has 0 amide bonds. The highest BCUT2D eigenvalue weighted by Gasteiger charge is 2.37. The van der Waals surface area contributed by atoms with Crippen LogP contribution in [0.2, 0.25) is 0 Å². The second kappa shape index (κ2) is 9.58. The number of carbonyl (C=O) groups is 1. The fraction of sp³-hybridized carbons (Fsp3) is 0.538. The van der Waals surface area contributed by atoms with Crippen LogP contribution in [0.25, 0.3) is 11.1 Å². The first-order valence-corrected chi connectivity index (χ1v) is 11.5. The Kier molecular flexibility index (Phi) is 7.34. The number of halogens is 2. The molecule has 0 unspecified atom stereocenters. The van der Waals surface area contributed by atoms with Gasteiger partial charge in [0.1, 0.15) is 0 Å². The van der Waals surface area contributed by atoms with Crippen molar-refractivity contribution < 1.29 is 28.5 Å². The van der Waals surface area contributed by atoms with Crippen LogP contribution in [0.3, 0.4) is 0 Å². The molecule has 34 heavy (non-hydrogen) atoms. The smallest absolute Gasteiger partial charge is 0.337 e. The van der Waals surface area contributed by atoms with Crippen LogP contribution in [0, 0.1) is 24.0 Å². The van der Waals surface area contributed by atoms with Crippen molar-refractivity contribution in [3.8, 4) is 11.1 Å². The summed E-state index contributed by atoms with van der Waals surface area (Å²) in [4.78, 5) is 19.0. The number of aliphatic carboxylic acids is 1. The normalized spacial score (nSPS) is 17.0. The third kappa shape index (κ3) is 5.55. The molecule has 1 fully saturated rings. The Hall–Kier alpha value is -2.58. The van der Waals surface area contributed by atoms with Gasteiger partial charge in [-0.1, -0.05) is 19.9 Å². The first-order valence-electron chi connectivity index (χ1n) is 11.5. The summed E-state index contributed by atoms with van der Waals surface area (Å²) in [6.45, 7) is 12.2. The lowest BCUT2D eigenvalue weighted by atomic mass is 9.81. The number of rotatable bonds is 6. The van der Waals surface area contributed by atoms with Crippen molar-refractivity contribution in [3.63, 3.8) is 0 Å². The van der Waals surface area contributed by atoms with E-state index in [1.165, 1.54) is 6.07 Å². The second-order valence-electron chi connectivity index (χ2n) is 10.7. The van der Waals surface area contributed by atoms with Crippen molar-refractivity contribution >= 4 is 11.7 Å². The third-order valence-electron chi connectivity index (χ3n) is 6.22. The number of piperidine rings is 1. The number of aliphatic hydroxyl groups excluding tert-OH is 1. The minimum absolute atomic E-state index is 0.120. The minimum Gasteiger partial charge on any atom is -0.479 e. The molecule has 1 aliphatic heterocycles. The van der Waals surface area contributed by atoms with Gasteiger partial charge in [0.05, 0.1) is 23.6 Å². The summed E-state index contributed by atoms with van der Waals surface area (Å²) >= 11 is 0. The van der Waals surface area contributed by atoms with Gasteiger partial charge in [-0.15, -0.1) is 0 Å². The van der Waals surface area contributed by atoms with Gasteiger partial charge in [-0.05, 0) is 63.6 Å². The zero-order valence-corrected chi connectivity index (χ0v) is 20.7. The van der Waals surface area contributed by atoms with E-state index in [0.717, 1.165) is 25.0 Å². The van der Waals surface area contributed by atoms with E-state index in [-0.39, 0.29) is 11.1 Å². The number of aliphatic hydroxyl groups is 1. The summed E-state index contributed by atoms with van der Waals surface area (Å²) in [7, 11) is 0. The van der Waals surface area contributed by atoms with Gasteiger partial charge < -0.3 is 19.8 Å². The fourth-order valence-electron chi connectivity index (χ4n) is 4.40. The van der Waals surface area contributed by atoms with Gasteiger partial charge in [-0.2, -0.15) is 0 Å². The maximum Gasteiger partial charge on any atom is 0.337 e. The van der Waals surface area contributed by atoms with Crippen LogP contribution >= 0.6 is 0 Å². The average Bonchev–Trinajstić information content (AvgIpc) is 2.73. The van der Waals surface area contributed by atoms with Gasteiger partial charge in [0.25, 0.3) is 0 Å². The van der Waals surface area contributed by atoms with E-state index in [4.69, 9.17) is 4.74 Å². The van der Waals surface area contributed by atoms with Gasteiger partial charge in [0.2, 0.25) is 0 Å². The maximum atomic E-state index is 14.3. The van der Waals surface area contributed by atoms with E-state index in [1.54, 1.807) is 27.7 Å². The fourth-order valence-corrected chi connectivity index (χ4v) is 4.40. The summed E-state index contributed by atoms with van der Waals surface area (Å²) in [5.41, 5.74) is 1.64. The number of benzene rings is 1. The number of aryl methyl sites for hydroxylation is 1. The molecule has 0 aliphatic carbocycles. The van der Waals surface area contributed by atoms with E-state index < -0.39 is 35.9 Å². The molecule has 2 N–H and O–H groups in total. The molecule has 186 valence electrons. The molecule has 6 nitrogen and oxygen atoms in total. The van der Waals surface area contributed by atoms with E-state index in [0.29, 0.717) is 41.2 Å². The van der Waals surface area contributed by atoms with Gasteiger partial charge in [0.15, 0.2) is 17.7 Å². The van der Waals surface area contributed by atoms with Crippen LogP contribution in [0.15, 0.2) is 18.2 Å². The number of nitrogens with zero attached hydrogens (tertiary/aromatic N) is 2. The van der Waals surface area contributed by atoms with Crippen molar-refractivity contribution in [2.24, 2.45) is 5.41 Å². The number of hydrogen-bond acceptors (Lipinski definition) is 5. The minimum atomic E-state index is -1.34. The summed E-state index contributed by atoms with van der Waals surface area (Å²) < 4.78 is 34.0. The Bertz CT molecular complexity index is 1070. The molecule has 0 bridgehead atoms. The molecule has 1 saturated heterocycles. The first-order chi connectivity index (χ1) is 15.7. The third-order valence-corrected chi connectivity index (χ3v) is 6.22. The zero-order chi connectivity index (χ0) is 25.4. The summed E-state index contributed by atoms with van der Waals surface area (Å²) in [5, 5.41) is 20.3. The topological polar surface area (TPSA) is 82.9 Å². The molecule has 8 heteroatoms. The predicted molar refractivity (Wildman–Crippen MR) is 127 cm³/mol. The molecule has 1 aliphatic rings. The molecule has 1 aromatic heterocycles. The molecule has 0 saturated carbocycles. The predicted octanol–water partition coefficient (Wildman–Crippen LogP) is 5.39. The van der Waals surface area contributed by atoms with Gasteiger partial charge in [-0.25, -0.2) is 13.6 Å². The molecule has 3 rings (SSSR count). The quantitative estimate of drug-likeness (QED) is 0.581. The highest BCUT2D eigenvalue weighted by Crippen LogP contribution is 2.45. The van der Waals surface area contributed by atoms with Crippen LogP contribution in [0.1, 0.15) is 70.5 Å². The van der Waals surface area contributed by atoms with Crippen molar-refractivity contribution in [2.45, 2.75) is 72.7 Å². The number of aromatic nitrogens is 1. The van der Waals surface area contributed by atoms with Crippen LogP contribution in [0.4, 0.5) is 14.5 Å². The van der Waals surface area contributed by atoms with Crippen molar-refractivity contribution in [1.29, 1.82) is 0 Å². The van der Waals surface area contributed by atoms with Gasteiger partial charge in [0, 0.05) is 29.9 Å². The lowest BCUT2D eigenvalue weighted by molar-refractivity contribution is -0.160.